The first kappa shape index (κ1) is 13.3. The summed E-state index contributed by atoms with van der Waals surface area (Å²) in [6.45, 7) is 2.36. The maximum absolute atomic E-state index is 11.4. The van der Waals surface area contributed by atoms with E-state index in [4.69, 9.17) is 0 Å². The third-order valence-electron chi connectivity index (χ3n) is 4.76. The molecule has 17 heavy (non-hydrogen) atoms. The number of hydrogen-bond donors (Lipinski definition) is 1. The molecular formula is C13H25NO2S. The van der Waals surface area contributed by atoms with E-state index < -0.39 is 9.84 Å². The first-order chi connectivity index (χ1) is 8.08. The summed E-state index contributed by atoms with van der Waals surface area (Å²) in [4.78, 5) is 0. The SMILES string of the molecule is CCS(=O)(=O)CCNC1CCC12CCCCC2. The zero-order valence-corrected chi connectivity index (χ0v) is 11.7. The van der Waals surface area contributed by atoms with Crippen LogP contribution in [0, 0.1) is 5.41 Å². The predicted molar refractivity (Wildman–Crippen MR) is 70.9 cm³/mol. The molecule has 2 fully saturated rings. The largest absolute Gasteiger partial charge is 0.312 e. The number of rotatable bonds is 5. The molecule has 0 radical (unpaired) electrons. The molecule has 0 aliphatic heterocycles. The molecule has 100 valence electrons. The van der Waals surface area contributed by atoms with Gasteiger partial charge in [0.1, 0.15) is 0 Å². The highest BCUT2D eigenvalue weighted by atomic mass is 32.2. The van der Waals surface area contributed by atoms with Crippen LogP contribution >= 0.6 is 0 Å². The first-order valence-electron chi connectivity index (χ1n) is 7.02. The molecule has 1 atom stereocenters. The van der Waals surface area contributed by atoms with E-state index in [1.54, 1.807) is 6.92 Å². The van der Waals surface area contributed by atoms with E-state index >= 15 is 0 Å². The molecule has 2 aliphatic rings. The molecular weight excluding hydrogens is 234 g/mol. The standard InChI is InChI=1S/C13H25NO2S/c1-2-17(15,16)11-10-14-12-6-9-13(12)7-4-3-5-8-13/h12,14H,2-11H2,1H3. The lowest BCUT2D eigenvalue weighted by atomic mass is 9.57. The Kier molecular flexibility index (Phi) is 4.14. The fourth-order valence-electron chi connectivity index (χ4n) is 3.40. The summed E-state index contributed by atoms with van der Waals surface area (Å²) in [5.74, 6) is 0.570. The Bertz CT molecular complexity index is 344. The van der Waals surface area contributed by atoms with Crippen LogP contribution in [0.3, 0.4) is 0 Å². The Hall–Kier alpha value is -0.0900. The van der Waals surface area contributed by atoms with E-state index in [2.05, 4.69) is 5.32 Å². The zero-order chi connectivity index (χ0) is 12.4. The first-order valence-corrected chi connectivity index (χ1v) is 8.84. The van der Waals surface area contributed by atoms with Crippen molar-refractivity contribution in [3.8, 4) is 0 Å². The third-order valence-corrected chi connectivity index (χ3v) is 6.47. The summed E-state index contributed by atoms with van der Waals surface area (Å²) in [5, 5.41) is 3.49. The molecule has 2 rings (SSSR count). The summed E-state index contributed by atoms with van der Waals surface area (Å²) in [6.07, 6.45) is 9.42. The van der Waals surface area contributed by atoms with Gasteiger partial charge in [0.15, 0.2) is 9.84 Å². The molecule has 0 aromatic carbocycles. The molecule has 1 unspecified atom stereocenters. The third kappa shape index (κ3) is 3.02. The van der Waals surface area contributed by atoms with E-state index in [0.717, 1.165) is 0 Å². The second-order valence-corrected chi connectivity index (χ2v) is 8.18. The van der Waals surface area contributed by atoms with E-state index in [0.29, 0.717) is 23.8 Å². The fourth-order valence-corrected chi connectivity index (χ4v) is 4.12. The van der Waals surface area contributed by atoms with Crippen LogP contribution in [0.1, 0.15) is 51.9 Å². The second kappa shape index (κ2) is 5.27. The van der Waals surface area contributed by atoms with Crippen molar-refractivity contribution in [3.05, 3.63) is 0 Å². The van der Waals surface area contributed by atoms with Crippen LogP contribution in [0.4, 0.5) is 0 Å². The highest BCUT2D eigenvalue weighted by Gasteiger charge is 2.46. The Morgan fingerprint density at radius 2 is 1.88 bits per heavy atom. The van der Waals surface area contributed by atoms with E-state index in [9.17, 15) is 8.42 Å². The highest BCUT2D eigenvalue weighted by Crippen LogP contribution is 2.51. The second-order valence-electron chi connectivity index (χ2n) is 5.70. The number of sulfone groups is 1. The minimum absolute atomic E-state index is 0.268. The number of nitrogens with one attached hydrogen (secondary N) is 1. The molecule has 4 heteroatoms. The van der Waals surface area contributed by atoms with Crippen LogP contribution in [0.15, 0.2) is 0 Å². The topological polar surface area (TPSA) is 46.2 Å². The summed E-state index contributed by atoms with van der Waals surface area (Å²) in [7, 11) is -2.80. The fraction of sp³-hybridized carbons (Fsp3) is 1.00. The van der Waals surface area contributed by atoms with Crippen LogP contribution < -0.4 is 5.32 Å². The van der Waals surface area contributed by atoms with Crippen molar-refractivity contribution in [3.63, 3.8) is 0 Å². The van der Waals surface area contributed by atoms with Crippen molar-refractivity contribution >= 4 is 9.84 Å². The quantitative estimate of drug-likeness (QED) is 0.822. The Morgan fingerprint density at radius 3 is 2.41 bits per heavy atom. The molecule has 0 heterocycles. The van der Waals surface area contributed by atoms with Gasteiger partial charge < -0.3 is 5.32 Å². The van der Waals surface area contributed by atoms with Crippen molar-refractivity contribution in [2.24, 2.45) is 5.41 Å². The predicted octanol–water partition coefficient (Wildman–Crippen LogP) is 2.12. The maximum Gasteiger partial charge on any atom is 0.151 e. The summed E-state index contributed by atoms with van der Waals surface area (Å²) in [5.41, 5.74) is 0.536. The van der Waals surface area contributed by atoms with Gasteiger partial charge in [-0.3, -0.25) is 0 Å². The van der Waals surface area contributed by atoms with E-state index in [1.807, 2.05) is 0 Å². The van der Waals surface area contributed by atoms with Gasteiger partial charge in [-0.15, -0.1) is 0 Å². The van der Waals surface area contributed by atoms with Gasteiger partial charge >= 0.3 is 0 Å². The molecule has 3 nitrogen and oxygen atoms in total. The highest BCUT2D eigenvalue weighted by molar-refractivity contribution is 7.91. The zero-order valence-electron chi connectivity index (χ0n) is 10.9. The van der Waals surface area contributed by atoms with E-state index in [-0.39, 0.29) is 5.75 Å². The molecule has 0 amide bonds. The van der Waals surface area contributed by atoms with Crippen molar-refractivity contribution in [2.75, 3.05) is 18.1 Å². The van der Waals surface area contributed by atoms with Crippen molar-refractivity contribution in [2.45, 2.75) is 57.9 Å². The van der Waals surface area contributed by atoms with Gasteiger partial charge in [0.2, 0.25) is 0 Å². The van der Waals surface area contributed by atoms with Gasteiger partial charge in [-0.05, 0) is 31.1 Å². The molecule has 0 bridgehead atoms. The van der Waals surface area contributed by atoms with Gasteiger partial charge in [0, 0.05) is 18.3 Å². The van der Waals surface area contributed by atoms with E-state index in [1.165, 1.54) is 44.9 Å². The molecule has 0 saturated heterocycles. The Balaban J connectivity index is 1.76. The average molecular weight is 259 g/mol. The molecule has 1 spiro atoms. The van der Waals surface area contributed by atoms with Crippen LogP contribution in [-0.4, -0.2) is 32.5 Å². The molecule has 1 N–H and O–H groups in total. The molecule has 0 aromatic rings. The maximum atomic E-state index is 11.4. The van der Waals surface area contributed by atoms with Crippen molar-refractivity contribution in [1.29, 1.82) is 0 Å². The summed E-state index contributed by atoms with van der Waals surface area (Å²) in [6, 6.07) is 0.592. The Labute approximate surface area is 105 Å². The lowest BCUT2D eigenvalue weighted by molar-refractivity contribution is 0.0244. The molecule has 0 aromatic heterocycles. The minimum atomic E-state index is -2.80. The van der Waals surface area contributed by atoms with Crippen LogP contribution in [0.5, 0.6) is 0 Å². The van der Waals surface area contributed by atoms with Crippen molar-refractivity contribution < 1.29 is 8.42 Å². The monoisotopic (exact) mass is 259 g/mol. The van der Waals surface area contributed by atoms with Gasteiger partial charge in [-0.2, -0.15) is 0 Å². The Morgan fingerprint density at radius 1 is 1.18 bits per heavy atom. The summed E-state index contributed by atoms with van der Waals surface area (Å²) < 4.78 is 22.8. The normalized spacial score (nSPS) is 27.9. The van der Waals surface area contributed by atoms with Crippen molar-refractivity contribution in [1.82, 2.24) is 5.32 Å². The molecule has 2 saturated carbocycles. The lowest BCUT2D eigenvalue weighted by Crippen LogP contribution is -2.55. The van der Waals surface area contributed by atoms with Gasteiger partial charge in [-0.25, -0.2) is 8.42 Å². The minimum Gasteiger partial charge on any atom is -0.312 e. The van der Waals surface area contributed by atoms with Crippen LogP contribution in [0.2, 0.25) is 0 Å². The van der Waals surface area contributed by atoms with Gasteiger partial charge in [-0.1, -0.05) is 26.2 Å². The number of hydrogen-bond acceptors (Lipinski definition) is 3. The summed E-state index contributed by atoms with van der Waals surface area (Å²) >= 11 is 0. The van der Waals surface area contributed by atoms with Crippen LogP contribution in [0.25, 0.3) is 0 Å². The van der Waals surface area contributed by atoms with Crippen LogP contribution in [-0.2, 0) is 9.84 Å². The van der Waals surface area contributed by atoms with Gasteiger partial charge in [0.05, 0.1) is 5.75 Å². The molecule has 2 aliphatic carbocycles. The smallest absolute Gasteiger partial charge is 0.151 e. The van der Waals surface area contributed by atoms with Gasteiger partial charge in [0.25, 0.3) is 0 Å². The lowest BCUT2D eigenvalue weighted by Gasteiger charge is -2.52. The average Bonchev–Trinajstić information content (AvgIpc) is 2.34.